The Labute approximate surface area is 166 Å². The highest BCUT2D eigenvalue weighted by molar-refractivity contribution is 7.22. The Balaban J connectivity index is 1.57. The molecule has 150 valence electrons. The van der Waals surface area contributed by atoms with Gasteiger partial charge >= 0.3 is 12.1 Å². The number of thiazole rings is 1. The van der Waals surface area contributed by atoms with Gasteiger partial charge in [0.15, 0.2) is 5.13 Å². The minimum Gasteiger partial charge on any atom is -0.496 e. The van der Waals surface area contributed by atoms with E-state index in [0.29, 0.717) is 29.1 Å². The van der Waals surface area contributed by atoms with Crippen LogP contribution in [0.3, 0.4) is 0 Å². The van der Waals surface area contributed by atoms with E-state index in [1.807, 2.05) is 20.8 Å². The molecular weight excluding hydrogens is 382 g/mol. The number of carbonyl (C=O) groups excluding carboxylic acids is 1. The molecule has 1 aromatic heterocycles. The number of fused-ring (bicyclic) bond motifs is 3. The third-order valence-corrected chi connectivity index (χ3v) is 6.11. The van der Waals surface area contributed by atoms with Crippen LogP contribution in [0.1, 0.15) is 37.6 Å². The number of carbonyl (C=O) groups is 2. The van der Waals surface area contributed by atoms with E-state index in [1.54, 1.807) is 17.0 Å². The summed E-state index contributed by atoms with van der Waals surface area (Å²) in [6, 6.07) is 3.75. The number of piperidine rings is 1. The van der Waals surface area contributed by atoms with E-state index >= 15 is 0 Å². The molecule has 0 spiro atoms. The maximum atomic E-state index is 12.3. The standard InChI is InChI=1S/C19H23N3O5S/c1-19(2,3)27-18(25)21-8-10-7-11(9-21)22(10)17-20-12-5-6-13(26-4)14(16(23)24)15(12)28-17/h5-6,10-11H,7-9H2,1-4H3,(H,23,24). The normalized spacial score (nSPS) is 21.4. The summed E-state index contributed by atoms with van der Waals surface area (Å²) < 4.78 is 11.3. The van der Waals surface area contributed by atoms with E-state index in [0.717, 1.165) is 11.6 Å². The van der Waals surface area contributed by atoms with Gasteiger partial charge in [-0.25, -0.2) is 14.6 Å². The van der Waals surface area contributed by atoms with E-state index < -0.39 is 11.6 Å². The summed E-state index contributed by atoms with van der Waals surface area (Å²) >= 11 is 1.36. The highest BCUT2D eigenvalue weighted by Gasteiger charge is 2.48. The van der Waals surface area contributed by atoms with Gasteiger partial charge in [-0.3, -0.25) is 0 Å². The number of piperazine rings is 1. The van der Waals surface area contributed by atoms with Gasteiger partial charge in [-0.1, -0.05) is 11.3 Å². The smallest absolute Gasteiger partial charge is 0.410 e. The third-order valence-electron chi connectivity index (χ3n) is 5.01. The van der Waals surface area contributed by atoms with Crippen molar-refractivity contribution in [3.8, 4) is 5.75 Å². The zero-order valence-electron chi connectivity index (χ0n) is 16.3. The van der Waals surface area contributed by atoms with Crippen molar-refractivity contribution in [1.29, 1.82) is 0 Å². The van der Waals surface area contributed by atoms with Crippen LogP contribution < -0.4 is 9.64 Å². The SMILES string of the molecule is COc1ccc2nc(N3C4CC3CN(C(=O)OC(C)(C)C)C4)sc2c1C(=O)O. The van der Waals surface area contributed by atoms with Gasteiger partial charge in [0.25, 0.3) is 0 Å². The van der Waals surface area contributed by atoms with Gasteiger partial charge in [-0.2, -0.15) is 0 Å². The molecule has 2 atom stereocenters. The van der Waals surface area contributed by atoms with Gasteiger partial charge in [-0.05, 0) is 39.3 Å². The van der Waals surface area contributed by atoms with Crippen LogP contribution in [0, 0.1) is 0 Å². The number of ether oxygens (including phenoxy) is 2. The van der Waals surface area contributed by atoms with E-state index in [1.165, 1.54) is 18.4 Å². The minimum atomic E-state index is -1.03. The number of carboxylic acid groups (broad SMARTS) is 1. The van der Waals surface area contributed by atoms with Crippen LogP contribution in [0.5, 0.6) is 5.75 Å². The molecule has 28 heavy (non-hydrogen) atoms. The molecule has 2 fully saturated rings. The van der Waals surface area contributed by atoms with Crippen molar-refractivity contribution in [3.05, 3.63) is 17.7 Å². The molecule has 2 aliphatic heterocycles. The Kier molecular flexibility index (Phi) is 4.37. The van der Waals surface area contributed by atoms with Crippen LogP contribution in [-0.2, 0) is 4.74 Å². The topological polar surface area (TPSA) is 92.2 Å². The molecule has 1 N–H and O–H groups in total. The molecule has 2 saturated heterocycles. The van der Waals surface area contributed by atoms with E-state index in [2.05, 4.69) is 9.88 Å². The van der Waals surface area contributed by atoms with Crippen molar-refractivity contribution in [3.63, 3.8) is 0 Å². The molecule has 1 amide bonds. The molecule has 9 heteroatoms. The molecule has 0 saturated carbocycles. The number of hydrogen-bond donors (Lipinski definition) is 1. The second-order valence-corrected chi connectivity index (χ2v) is 9.11. The number of amides is 1. The van der Waals surface area contributed by atoms with Crippen molar-refractivity contribution in [1.82, 2.24) is 9.88 Å². The van der Waals surface area contributed by atoms with E-state index in [9.17, 15) is 14.7 Å². The summed E-state index contributed by atoms with van der Waals surface area (Å²) in [7, 11) is 1.46. The first kappa shape index (κ1) is 18.8. The number of rotatable bonds is 3. The Morgan fingerprint density at radius 3 is 2.50 bits per heavy atom. The van der Waals surface area contributed by atoms with E-state index in [4.69, 9.17) is 9.47 Å². The van der Waals surface area contributed by atoms with Crippen LogP contribution in [0.2, 0.25) is 0 Å². The Morgan fingerprint density at radius 2 is 1.93 bits per heavy atom. The zero-order valence-corrected chi connectivity index (χ0v) is 17.1. The van der Waals surface area contributed by atoms with E-state index in [-0.39, 0.29) is 23.7 Å². The number of aromatic carboxylic acids is 1. The Bertz CT molecular complexity index is 939. The molecule has 2 bridgehead atoms. The van der Waals surface area contributed by atoms with Gasteiger partial charge in [0.05, 0.1) is 29.4 Å². The second kappa shape index (κ2) is 6.51. The fraction of sp³-hybridized carbons (Fsp3) is 0.526. The van der Waals surface area contributed by atoms with Crippen molar-refractivity contribution < 1.29 is 24.2 Å². The maximum absolute atomic E-state index is 12.3. The number of likely N-dealkylation sites (tertiary alicyclic amines) is 1. The largest absolute Gasteiger partial charge is 0.496 e. The average Bonchev–Trinajstić information content (AvgIpc) is 3.01. The molecule has 0 radical (unpaired) electrons. The minimum absolute atomic E-state index is 0.143. The van der Waals surface area contributed by atoms with Gasteiger partial charge in [0.2, 0.25) is 0 Å². The molecule has 8 nitrogen and oxygen atoms in total. The van der Waals surface area contributed by atoms with Crippen molar-refractivity contribution in [2.45, 2.75) is 44.9 Å². The molecule has 3 heterocycles. The lowest BCUT2D eigenvalue weighted by molar-refractivity contribution is 0.00855. The summed E-state index contributed by atoms with van der Waals surface area (Å²) in [6.07, 6.45) is 0.702. The number of carboxylic acids is 1. The quantitative estimate of drug-likeness (QED) is 0.838. The Hall–Kier alpha value is -2.55. The summed E-state index contributed by atoms with van der Waals surface area (Å²) in [5, 5.41) is 10.4. The fourth-order valence-corrected chi connectivity index (χ4v) is 5.08. The van der Waals surface area contributed by atoms with Crippen LogP contribution >= 0.6 is 11.3 Å². The van der Waals surface area contributed by atoms with Crippen molar-refractivity contribution in [2.75, 3.05) is 25.1 Å². The predicted molar refractivity (Wildman–Crippen MR) is 106 cm³/mol. The molecule has 2 aliphatic rings. The summed E-state index contributed by atoms with van der Waals surface area (Å²) in [5.74, 6) is -0.701. The number of nitrogens with zero attached hydrogens (tertiary/aromatic N) is 3. The Morgan fingerprint density at radius 1 is 1.25 bits per heavy atom. The van der Waals surface area contributed by atoms with Gasteiger partial charge < -0.3 is 24.4 Å². The van der Waals surface area contributed by atoms with Crippen LogP contribution in [0.4, 0.5) is 9.93 Å². The van der Waals surface area contributed by atoms with Gasteiger partial charge in [0.1, 0.15) is 16.9 Å². The molecule has 0 aliphatic carbocycles. The van der Waals surface area contributed by atoms with Crippen LogP contribution in [0.15, 0.2) is 12.1 Å². The highest BCUT2D eigenvalue weighted by Crippen LogP contribution is 2.43. The monoisotopic (exact) mass is 405 g/mol. The highest BCUT2D eigenvalue weighted by atomic mass is 32.1. The number of benzene rings is 1. The number of methoxy groups -OCH3 is 1. The number of hydrogen-bond acceptors (Lipinski definition) is 7. The number of aromatic nitrogens is 1. The lowest BCUT2D eigenvalue weighted by Gasteiger charge is -2.56. The lowest BCUT2D eigenvalue weighted by Crippen LogP contribution is -2.70. The maximum Gasteiger partial charge on any atom is 0.410 e. The van der Waals surface area contributed by atoms with Gasteiger partial charge in [0, 0.05) is 13.1 Å². The molecule has 2 aromatic rings. The molecule has 4 rings (SSSR count). The zero-order chi connectivity index (χ0) is 20.2. The summed E-state index contributed by atoms with van der Waals surface area (Å²) in [5.41, 5.74) is 0.273. The second-order valence-electron chi connectivity index (χ2n) is 8.13. The summed E-state index contributed by atoms with van der Waals surface area (Å²) in [6.45, 7) is 6.73. The fourth-order valence-electron chi connectivity index (χ4n) is 3.84. The van der Waals surface area contributed by atoms with Crippen molar-refractivity contribution >= 4 is 38.7 Å². The molecule has 1 aromatic carbocycles. The van der Waals surface area contributed by atoms with Crippen molar-refractivity contribution in [2.24, 2.45) is 0 Å². The molecular formula is C19H23N3O5S. The first-order valence-corrected chi connectivity index (χ1v) is 9.96. The first-order valence-electron chi connectivity index (χ1n) is 9.15. The average molecular weight is 405 g/mol. The van der Waals surface area contributed by atoms with Crippen LogP contribution in [-0.4, -0.2) is 64.9 Å². The number of anilines is 1. The van der Waals surface area contributed by atoms with Crippen LogP contribution in [0.25, 0.3) is 10.2 Å². The third kappa shape index (κ3) is 3.13. The first-order chi connectivity index (χ1) is 13.2. The molecule has 2 unspecified atom stereocenters. The predicted octanol–water partition coefficient (Wildman–Crippen LogP) is 3.20. The summed E-state index contributed by atoms with van der Waals surface area (Å²) in [4.78, 5) is 32.7. The van der Waals surface area contributed by atoms with Gasteiger partial charge in [-0.15, -0.1) is 0 Å². The lowest BCUT2D eigenvalue weighted by atomic mass is 9.88.